The molecular weight excluding hydrogens is 290 g/mol. The van der Waals surface area contributed by atoms with Crippen LogP contribution in [0.3, 0.4) is 0 Å². The van der Waals surface area contributed by atoms with E-state index in [4.69, 9.17) is 16.3 Å². The lowest BCUT2D eigenvalue weighted by Gasteiger charge is -2.20. The van der Waals surface area contributed by atoms with Crippen LogP contribution in [0.2, 0.25) is 5.02 Å². The Morgan fingerprint density at radius 2 is 2.00 bits per heavy atom. The fraction of sp³-hybridized carbons (Fsp3) is 0.250. The van der Waals surface area contributed by atoms with E-state index in [1.54, 1.807) is 57.3 Å². The molecule has 110 valence electrons. The molecule has 0 saturated heterocycles. The number of carbonyl (C=O) groups is 2. The first-order valence-corrected chi connectivity index (χ1v) is 6.85. The van der Waals surface area contributed by atoms with E-state index in [0.29, 0.717) is 21.8 Å². The number of hydrogen-bond acceptors (Lipinski definition) is 3. The summed E-state index contributed by atoms with van der Waals surface area (Å²) in [5.41, 5.74) is 1.02. The minimum Gasteiger partial charge on any atom is -0.443 e. The molecule has 0 bridgehead atoms. The molecule has 1 heterocycles. The normalized spacial score (nSPS) is 11.2. The van der Waals surface area contributed by atoms with Gasteiger partial charge in [-0.05, 0) is 51.1 Å². The molecule has 0 unspecified atom stereocenters. The van der Waals surface area contributed by atoms with Crippen LogP contribution in [0, 0.1) is 0 Å². The largest absolute Gasteiger partial charge is 0.443 e. The Labute approximate surface area is 128 Å². The van der Waals surface area contributed by atoms with Crippen molar-refractivity contribution in [2.24, 2.45) is 0 Å². The molecule has 0 aliphatic carbocycles. The molecule has 5 heteroatoms. The van der Waals surface area contributed by atoms with Crippen LogP contribution in [0.15, 0.2) is 36.5 Å². The summed E-state index contributed by atoms with van der Waals surface area (Å²) in [6, 6.07) is 8.37. The Bertz CT molecular complexity index is 683. The second kappa shape index (κ2) is 5.74. The predicted molar refractivity (Wildman–Crippen MR) is 81.9 cm³/mol. The molecule has 21 heavy (non-hydrogen) atoms. The molecule has 0 N–H and O–H groups in total. The third kappa shape index (κ3) is 3.52. The molecule has 0 fully saturated rings. The van der Waals surface area contributed by atoms with E-state index < -0.39 is 11.7 Å². The van der Waals surface area contributed by atoms with E-state index in [2.05, 4.69) is 0 Å². The fourth-order valence-electron chi connectivity index (χ4n) is 1.92. The van der Waals surface area contributed by atoms with Crippen molar-refractivity contribution in [2.75, 3.05) is 0 Å². The Morgan fingerprint density at radius 1 is 1.29 bits per heavy atom. The Balaban J connectivity index is 2.48. The van der Waals surface area contributed by atoms with Crippen LogP contribution in [-0.2, 0) is 4.74 Å². The van der Waals surface area contributed by atoms with Gasteiger partial charge < -0.3 is 4.74 Å². The van der Waals surface area contributed by atoms with Gasteiger partial charge in [-0.15, -0.1) is 0 Å². The highest BCUT2D eigenvalue weighted by molar-refractivity contribution is 6.31. The van der Waals surface area contributed by atoms with E-state index in [0.717, 1.165) is 6.29 Å². The van der Waals surface area contributed by atoms with Gasteiger partial charge in [0.05, 0.1) is 5.69 Å². The van der Waals surface area contributed by atoms with Crippen LogP contribution < -0.4 is 0 Å². The van der Waals surface area contributed by atoms with E-state index in [1.165, 1.54) is 4.57 Å². The number of benzene rings is 1. The smallest absolute Gasteiger partial charge is 0.418 e. The van der Waals surface area contributed by atoms with Crippen LogP contribution in [0.5, 0.6) is 0 Å². The zero-order valence-electron chi connectivity index (χ0n) is 12.1. The predicted octanol–water partition coefficient (Wildman–Crippen LogP) is 4.40. The van der Waals surface area contributed by atoms with Gasteiger partial charge in [0.1, 0.15) is 5.60 Å². The van der Waals surface area contributed by atoms with Gasteiger partial charge in [0, 0.05) is 22.3 Å². The highest BCUT2D eigenvalue weighted by Gasteiger charge is 2.20. The van der Waals surface area contributed by atoms with Gasteiger partial charge >= 0.3 is 6.09 Å². The standard InChI is InChI=1S/C16H16ClNO3/c1-16(2,3)21-15(20)18-8-4-5-14(18)13-9-12(17)7-6-11(13)10-19/h4-10H,1-3H3. The second-order valence-corrected chi connectivity index (χ2v) is 6.03. The monoisotopic (exact) mass is 305 g/mol. The lowest BCUT2D eigenvalue weighted by atomic mass is 10.1. The number of aldehydes is 1. The van der Waals surface area contributed by atoms with E-state index in [-0.39, 0.29) is 0 Å². The molecule has 0 radical (unpaired) electrons. The zero-order chi connectivity index (χ0) is 15.6. The van der Waals surface area contributed by atoms with Crippen LogP contribution in [0.4, 0.5) is 4.79 Å². The van der Waals surface area contributed by atoms with Crippen LogP contribution in [0.25, 0.3) is 11.3 Å². The van der Waals surface area contributed by atoms with Crippen molar-refractivity contribution in [3.05, 3.63) is 47.1 Å². The lowest BCUT2D eigenvalue weighted by molar-refractivity contribution is 0.0540. The molecule has 1 aromatic heterocycles. The van der Waals surface area contributed by atoms with Gasteiger partial charge in [-0.25, -0.2) is 4.79 Å². The summed E-state index contributed by atoms with van der Waals surface area (Å²) >= 11 is 5.99. The summed E-state index contributed by atoms with van der Waals surface area (Å²) in [5.74, 6) is 0. The van der Waals surface area contributed by atoms with Crippen LogP contribution >= 0.6 is 11.6 Å². The van der Waals surface area contributed by atoms with Crippen LogP contribution in [0.1, 0.15) is 31.1 Å². The van der Waals surface area contributed by atoms with Crippen molar-refractivity contribution in [3.8, 4) is 11.3 Å². The van der Waals surface area contributed by atoms with Crippen molar-refractivity contribution in [1.82, 2.24) is 4.57 Å². The molecule has 0 aliphatic rings. The third-order valence-electron chi connectivity index (χ3n) is 2.76. The molecule has 2 aromatic rings. The van der Waals surface area contributed by atoms with Crippen molar-refractivity contribution in [2.45, 2.75) is 26.4 Å². The van der Waals surface area contributed by atoms with E-state index in [9.17, 15) is 9.59 Å². The maximum atomic E-state index is 12.2. The van der Waals surface area contributed by atoms with Crippen molar-refractivity contribution < 1.29 is 14.3 Å². The van der Waals surface area contributed by atoms with Crippen molar-refractivity contribution in [1.29, 1.82) is 0 Å². The highest BCUT2D eigenvalue weighted by atomic mass is 35.5. The molecule has 1 aromatic carbocycles. The molecule has 2 rings (SSSR count). The third-order valence-corrected chi connectivity index (χ3v) is 2.99. The number of aromatic nitrogens is 1. The number of halogens is 1. The molecule has 0 spiro atoms. The van der Waals surface area contributed by atoms with Crippen LogP contribution in [-0.4, -0.2) is 22.5 Å². The quantitative estimate of drug-likeness (QED) is 0.772. The summed E-state index contributed by atoms with van der Waals surface area (Å²) in [6.45, 7) is 5.39. The topological polar surface area (TPSA) is 48.3 Å². The maximum Gasteiger partial charge on any atom is 0.418 e. The number of rotatable bonds is 2. The first-order chi connectivity index (χ1) is 9.81. The summed E-state index contributed by atoms with van der Waals surface area (Å²) in [6.07, 6.45) is 1.83. The lowest BCUT2D eigenvalue weighted by Crippen LogP contribution is -2.27. The Hall–Kier alpha value is -2.07. The highest BCUT2D eigenvalue weighted by Crippen LogP contribution is 2.27. The molecule has 0 amide bonds. The summed E-state index contributed by atoms with van der Waals surface area (Å²) in [5, 5.41) is 0.493. The maximum absolute atomic E-state index is 12.2. The van der Waals surface area contributed by atoms with Gasteiger partial charge in [-0.3, -0.25) is 9.36 Å². The van der Waals surface area contributed by atoms with Gasteiger partial charge in [-0.2, -0.15) is 0 Å². The minimum atomic E-state index is -0.597. The number of nitrogens with zero attached hydrogens (tertiary/aromatic N) is 1. The molecular formula is C16H16ClNO3. The first-order valence-electron chi connectivity index (χ1n) is 6.47. The number of ether oxygens (including phenoxy) is 1. The summed E-state index contributed by atoms with van der Waals surface area (Å²) in [4.78, 5) is 23.4. The average molecular weight is 306 g/mol. The number of carbonyl (C=O) groups excluding carboxylic acids is 2. The van der Waals surface area contributed by atoms with E-state index in [1.807, 2.05) is 0 Å². The molecule has 0 saturated carbocycles. The van der Waals surface area contributed by atoms with Gasteiger partial charge in [0.25, 0.3) is 0 Å². The Morgan fingerprint density at radius 3 is 2.62 bits per heavy atom. The SMILES string of the molecule is CC(C)(C)OC(=O)n1cccc1-c1cc(Cl)ccc1C=O. The number of hydrogen-bond donors (Lipinski definition) is 0. The molecule has 4 nitrogen and oxygen atoms in total. The summed E-state index contributed by atoms with van der Waals surface area (Å²) < 4.78 is 6.72. The van der Waals surface area contributed by atoms with E-state index >= 15 is 0 Å². The van der Waals surface area contributed by atoms with Gasteiger partial charge in [0.15, 0.2) is 6.29 Å². The van der Waals surface area contributed by atoms with Crippen molar-refractivity contribution >= 4 is 24.0 Å². The molecule has 0 aliphatic heterocycles. The minimum absolute atomic E-state index is 0.461. The van der Waals surface area contributed by atoms with Gasteiger partial charge in [-0.1, -0.05) is 11.6 Å². The average Bonchev–Trinajstić information content (AvgIpc) is 2.85. The second-order valence-electron chi connectivity index (χ2n) is 5.59. The van der Waals surface area contributed by atoms with Gasteiger partial charge in [0.2, 0.25) is 0 Å². The Kier molecular flexibility index (Phi) is 4.19. The fourth-order valence-corrected chi connectivity index (χ4v) is 2.10. The first kappa shape index (κ1) is 15.3. The zero-order valence-corrected chi connectivity index (χ0v) is 12.8. The molecule has 0 atom stereocenters. The van der Waals surface area contributed by atoms with Crippen molar-refractivity contribution in [3.63, 3.8) is 0 Å². The summed E-state index contributed by atoms with van der Waals surface area (Å²) in [7, 11) is 0.